The lowest BCUT2D eigenvalue weighted by Gasteiger charge is -2.31. The normalized spacial score (nSPS) is 15.3. The van der Waals surface area contributed by atoms with E-state index in [9.17, 15) is 22.8 Å². The summed E-state index contributed by atoms with van der Waals surface area (Å²) in [6, 6.07) is 0.526. The lowest BCUT2D eigenvalue weighted by atomic mass is 9.96. The Morgan fingerprint density at radius 2 is 1.81 bits per heavy atom. The third-order valence-corrected chi connectivity index (χ3v) is 4.22. The second kappa shape index (κ2) is 8.42. The van der Waals surface area contributed by atoms with E-state index in [1.54, 1.807) is 0 Å². The number of methoxy groups -OCH3 is 1. The van der Waals surface area contributed by atoms with Gasteiger partial charge in [0, 0.05) is 13.1 Å². The monoisotopic (exact) mass is 373 g/mol. The average Bonchev–Trinajstić information content (AvgIpc) is 2.62. The molecule has 0 unspecified atom stereocenters. The maximum atomic E-state index is 14.2. The van der Waals surface area contributed by atoms with Gasteiger partial charge in [0.05, 0.1) is 25.2 Å². The second-order valence-electron chi connectivity index (χ2n) is 6.66. The highest BCUT2D eigenvalue weighted by atomic mass is 19.2. The minimum atomic E-state index is -1.48. The number of benzene rings is 1. The number of esters is 1. The van der Waals surface area contributed by atoms with Crippen LogP contribution < -0.4 is 4.74 Å². The maximum absolute atomic E-state index is 14.2. The van der Waals surface area contributed by atoms with Crippen molar-refractivity contribution in [3.8, 4) is 5.75 Å². The molecule has 0 aliphatic carbocycles. The molecule has 0 bridgehead atoms. The molecule has 1 aromatic carbocycles. The van der Waals surface area contributed by atoms with Gasteiger partial charge in [-0.15, -0.1) is 0 Å². The predicted octanol–water partition coefficient (Wildman–Crippen LogP) is 3.16. The van der Waals surface area contributed by atoms with E-state index in [-0.39, 0.29) is 30.9 Å². The summed E-state index contributed by atoms with van der Waals surface area (Å²) >= 11 is 0. The number of piperidine rings is 1. The summed E-state index contributed by atoms with van der Waals surface area (Å²) in [6.07, 6.45) is 0.732. The van der Waals surface area contributed by atoms with E-state index in [1.165, 1.54) is 4.90 Å². The van der Waals surface area contributed by atoms with Gasteiger partial charge >= 0.3 is 5.97 Å². The van der Waals surface area contributed by atoms with E-state index in [0.29, 0.717) is 25.5 Å². The van der Waals surface area contributed by atoms with E-state index in [0.717, 1.165) is 7.11 Å². The highest BCUT2D eigenvalue weighted by molar-refractivity contribution is 5.95. The molecule has 0 spiro atoms. The third kappa shape index (κ3) is 4.28. The Morgan fingerprint density at radius 1 is 1.19 bits per heavy atom. The van der Waals surface area contributed by atoms with Gasteiger partial charge in [0.2, 0.25) is 5.82 Å². The predicted molar refractivity (Wildman–Crippen MR) is 87.3 cm³/mol. The molecular formula is C18H22F3NO4. The van der Waals surface area contributed by atoms with Gasteiger partial charge in [-0.05, 0) is 24.8 Å². The molecule has 0 aromatic heterocycles. The largest absolute Gasteiger partial charge is 0.491 e. The van der Waals surface area contributed by atoms with Crippen LogP contribution in [-0.2, 0) is 9.53 Å². The molecule has 0 saturated carbocycles. The van der Waals surface area contributed by atoms with Crippen LogP contribution >= 0.6 is 0 Å². The van der Waals surface area contributed by atoms with E-state index in [4.69, 9.17) is 4.74 Å². The highest BCUT2D eigenvalue weighted by Gasteiger charge is 2.31. The Balaban J connectivity index is 2.05. The molecule has 1 aliphatic heterocycles. The van der Waals surface area contributed by atoms with Crippen molar-refractivity contribution in [3.63, 3.8) is 0 Å². The summed E-state index contributed by atoms with van der Waals surface area (Å²) in [5, 5.41) is 0. The first-order valence-corrected chi connectivity index (χ1v) is 8.43. The fourth-order valence-electron chi connectivity index (χ4n) is 2.77. The molecule has 5 nitrogen and oxygen atoms in total. The summed E-state index contributed by atoms with van der Waals surface area (Å²) in [4.78, 5) is 25.8. The number of ether oxygens (including phenoxy) is 2. The van der Waals surface area contributed by atoms with Crippen molar-refractivity contribution < 1.29 is 32.2 Å². The smallest absolute Gasteiger partial charge is 0.309 e. The molecule has 0 radical (unpaired) electrons. The van der Waals surface area contributed by atoms with Gasteiger partial charge in [-0.1, -0.05) is 13.8 Å². The number of carbonyl (C=O) groups is 2. The zero-order valence-electron chi connectivity index (χ0n) is 15.0. The number of carbonyl (C=O) groups excluding carboxylic acids is 2. The van der Waals surface area contributed by atoms with Crippen molar-refractivity contribution in [2.24, 2.45) is 11.8 Å². The highest BCUT2D eigenvalue weighted by Crippen LogP contribution is 2.29. The summed E-state index contributed by atoms with van der Waals surface area (Å²) in [6.45, 7) is 4.58. The van der Waals surface area contributed by atoms with Crippen molar-refractivity contribution >= 4 is 11.9 Å². The number of rotatable bonds is 5. The van der Waals surface area contributed by atoms with Crippen LogP contribution in [0.1, 0.15) is 37.0 Å². The molecule has 8 heteroatoms. The number of likely N-dealkylation sites (tertiary alicyclic amines) is 1. The maximum Gasteiger partial charge on any atom is 0.309 e. The van der Waals surface area contributed by atoms with Crippen molar-refractivity contribution in [2.45, 2.75) is 26.7 Å². The minimum Gasteiger partial charge on any atom is -0.491 e. The van der Waals surface area contributed by atoms with E-state index >= 15 is 0 Å². The van der Waals surface area contributed by atoms with Crippen molar-refractivity contribution in [1.82, 2.24) is 4.90 Å². The molecule has 1 amide bonds. The molecule has 2 rings (SSSR count). The topological polar surface area (TPSA) is 55.8 Å². The fraction of sp³-hybridized carbons (Fsp3) is 0.556. The minimum absolute atomic E-state index is 0.195. The van der Waals surface area contributed by atoms with Gasteiger partial charge in [-0.3, -0.25) is 9.59 Å². The number of hydrogen-bond acceptors (Lipinski definition) is 4. The van der Waals surface area contributed by atoms with Crippen LogP contribution in [0, 0.1) is 29.3 Å². The summed E-state index contributed by atoms with van der Waals surface area (Å²) in [5.74, 6) is -6.20. The number of nitrogens with zero attached hydrogens (tertiary/aromatic N) is 1. The number of halogens is 3. The molecule has 0 atom stereocenters. The first-order chi connectivity index (χ1) is 12.3. The van der Waals surface area contributed by atoms with Crippen LogP contribution in [0.15, 0.2) is 6.07 Å². The second-order valence-corrected chi connectivity index (χ2v) is 6.66. The molecule has 144 valence electrons. The fourth-order valence-corrected chi connectivity index (χ4v) is 2.77. The molecular weight excluding hydrogens is 351 g/mol. The van der Waals surface area contributed by atoms with Gasteiger partial charge in [-0.25, -0.2) is 8.78 Å². The van der Waals surface area contributed by atoms with Crippen LogP contribution in [0.25, 0.3) is 0 Å². The molecule has 26 heavy (non-hydrogen) atoms. The van der Waals surface area contributed by atoms with Crippen LogP contribution in [-0.4, -0.2) is 43.6 Å². The number of hydrogen-bond donors (Lipinski definition) is 0. The van der Waals surface area contributed by atoms with Crippen molar-refractivity contribution in [2.75, 3.05) is 26.8 Å². The van der Waals surface area contributed by atoms with Crippen LogP contribution in [0.4, 0.5) is 13.2 Å². The van der Waals surface area contributed by atoms with Gasteiger partial charge in [0.15, 0.2) is 17.4 Å². The average molecular weight is 373 g/mol. The molecule has 1 aliphatic rings. The van der Waals surface area contributed by atoms with Gasteiger partial charge < -0.3 is 14.4 Å². The first-order valence-electron chi connectivity index (χ1n) is 8.43. The van der Waals surface area contributed by atoms with E-state index in [2.05, 4.69) is 4.74 Å². The molecule has 1 heterocycles. The Kier molecular flexibility index (Phi) is 6.50. The van der Waals surface area contributed by atoms with Crippen LogP contribution in [0.3, 0.4) is 0 Å². The zero-order valence-corrected chi connectivity index (χ0v) is 15.0. The van der Waals surface area contributed by atoms with Gasteiger partial charge in [0.25, 0.3) is 5.91 Å². The Labute approximate surface area is 150 Å². The summed E-state index contributed by atoms with van der Waals surface area (Å²) in [5.41, 5.74) is -0.596. The molecule has 1 saturated heterocycles. The SMILES string of the molecule is COc1c(F)c(F)cc(C(=O)N2CCC(C(=O)OCC(C)C)CC2)c1F. The third-order valence-electron chi connectivity index (χ3n) is 4.22. The first kappa shape index (κ1) is 20.1. The Bertz CT molecular complexity index is 686. The van der Waals surface area contributed by atoms with Crippen molar-refractivity contribution in [3.05, 3.63) is 29.1 Å². The number of amides is 1. The lowest BCUT2D eigenvalue weighted by molar-refractivity contribution is -0.151. The van der Waals surface area contributed by atoms with Crippen molar-refractivity contribution in [1.29, 1.82) is 0 Å². The van der Waals surface area contributed by atoms with E-state index < -0.39 is 34.7 Å². The molecule has 0 N–H and O–H groups in total. The lowest BCUT2D eigenvalue weighted by Crippen LogP contribution is -2.41. The standard InChI is InChI=1S/C18H22F3NO4/c1-10(2)9-26-18(24)11-4-6-22(7-5-11)17(23)12-8-13(19)15(21)16(25-3)14(12)20/h8,10-11H,4-7,9H2,1-3H3. The zero-order chi connectivity index (χ0) is 19.4. The van der Waals surface area contributed by atoms with E-state index in [1.807, 2.05) is 13.8 Å². The Hall–Kier alpha value is -2.25. The molecule has 1 aromatic rings. The summed E-state index contributed by atoms with van der Waals surface area (Å²) < 4.78 is 51.0. The summed E-state index contributed by atoms with van der Waals surface area (Å²) in [7, 11) is 0.990. The van der Waals surface area contributed by atoms with Gasteiger partial charge in [0.1, 0.15) is 0 Å². The van der Waals surface area contributed by atoms with Gasteiger partial charge in [-0.2, -0.15) is 4.39 Å². The van der Waals surface area contributed by atoms with Crippen LogP contribution in [0.2, 0.25) is 0 Å². The molecule has 1 fully saturated rings. The Morgan fingerprint density at radius 3 is 2.35 bits per heavy atom. The quantitative estimate of drug-likeness (QED) is 0.588. The van der Waals surface area contributed by atoms with Crippen LogP contribution in [0.5, 0.6) is 5.75 Å².